The van der Waals surface area contributed by atoms with Crippen LogP contribution in [0, 0.1) is 0 Å². The van der Waals surface area contributed by atoms with E-state index in [4.69, 9.17) is 9.47 Å². The molecule has 0 aliphatic rings. The molecule has 0 aromatic heterocycles. The Balaban J connectivity index is 3.51. The third-order valence-electron chi connectivity index (χ3n) is 6.17. The van der Waals surface area contributed by atoms with Crippen molar-refractivity contribution < 1.29 is 19.4 Å². The molecule has 0 aromatic rings. The fourth-order valence-corrected chi connectivity index (χ4v) is 3.90. The van der Waals surface area contributed by atoms with E-state index < -0.39 is 6.10 Å². The minimum atomic E-state index is -0.539. The van der Waals surface area contributed by atoms with Gasteiger partial charge < -0.3 is 14.6 Å². The van der Waals surface area contributed by atoms with E-state index in [0.29, 0.717) is 13.0 Å². The van der Waals surface area contributed by atoms with Crippen molar-refractivity contribution in [2.24, 2.45) is 0 Å². The van der Waals surface area contributed by atoms with Gasteiger partial charge >= 0.3 is 5.97 Å². The van der Waals surface area contributed by atoms with Crippen molar-refractivity contribution >= 4 is 5.97 Å². The van der Waals surface area contributed by atoms with E-state index in [2.05, 4.69) is 62.5 Å². The van der Waals surface area contributed by atoms with E-state index in [9.17, 15) is 9.90 Å². The summed E-state index contributed by atoms with van der Waals surface area (Å²) >= 11 is 0. The quantitative estimate of drug-likeness (QED) is 0.0669. The van der Waals surface area contributed by atoms with Gasteiger partial charge in [-0.25, -0.2) is 0 Å². The Morgan fingerprint density at radius 3 is 1.84 bits per heavy atom. The number of ether oxygens (including phenoxy) is 2. The van der Waals surface area contributed by atoms with Crippen LogP contribution in [0.3, 0.4) is 0 Å². The molecule has 0 saturated carbocycles. The molecule has 0 aliphatic carbocycles. The average Bonchev–Trinajstić information content (AvgIpc) is 2.90. The van der Waals surface area contributed by atoms with Gasteiger partial charge in [0.15, 0.2) is 0 Å². The fraction of sp³-hybridized carbons (Fsp3) is 0.727. The number of carbonyl (C=O) groups is 1. The summed E-state index contributed by atoms with van der Waals surface area (Å²) < 4.78 is 11.0. The Morgan fingerprint density at radius 2 is 1.22 bits per heavy atom. The SMILES string of the molecule is CC/C=C\C/C=C\C/C=C\C/C=C\CCCCCCCOCC(CO)OC(=O)CCCCCCCCC. The number of rotatable bonds is 27. The molecule has 214 valence electrons. The molecule has 0 bridgehead atoms. The number of carbonyl (C=O) groups excluding carboxylic acids is 1. The van der Waals surface area contributed by atoms with Gasteiger partial charge in [-0.2, -0.15) is 0 Å². The van der Waals surface area contributed by atoms with Gasteiger partial charge in [0, 0.05) is 13.0 Å². The van der Waals surface area contributed by atoms with Crippen molar-refractivity contribution in [1.29, 1.82) is 0 Å². The predicted octanol–water partition coefficient (Wildman–Crippen LogP) is 9.19. The molecular formula is C33H58O4. The molecule has 0 saturated heterocycles. The third kappa shape index (κ3) is 28.8. The van der Waals surface area contributed by atoms with Crippen molar-refractivity contribution in [3.05, 3.63) is 48.6 Å². The van der Waals surface area contributed by atoms with Gasteiger partial charge in [-0.05, 0) is 51.4 Å². The first-order valence-electron chi connectivity index (χ1n) is 15.2. The maximum absolute atomic E-state index is 12.0. The van der Waals surface area contributed by atoms with Crippen LogP contribution in [-0.4, -0.2) is 37.0 Å². The van der Waals surface area contributed by atoms with E-state index in [1.807, 2.05) is 0 Å². The van der Waals surface area contributed by atoms with E-state index >= 15 is 0 Å². The Morgan fingerprint density at radius 1 is 0.676 bits per heavy atom. The molecule has 0 rings (SSSR count). The number of aliphatic hydroxyl groups excluding tert-OH is 1. The molecular weight excluding hydrogens is 460 g/mol. The summed E-state index contributed by atoms with van der Waals surface area (Å²) in [6, 6.07) is 0. The van der Waals surface area contributed by atoms with Crippen molar-refractivity contribution in [3.8, 4) is 0 Å². The van der Waals surface area contributed by atoms with Crippen molar-refractivity contribution in [1.82, 2.24) is 0 Å². The van der Waals surface area contributed by atoms with Crippen molar-refractivity contribution in [3.63, 3.8) is 0 Å². The lowest BCUT2D eigenvalue weighted by molar-refractivity contribution is -0.154. The second kappa shape index (κ2) is 30.6. The molecule has 1 atom stereocenters. The predicted molar refractivity (Wildman–Crippen MR) is 159 cm³/mol. The summed E-state index contributed by atoms with van der Waals surface area (Å²) in [6.45, 7) is 5.13. The van der Waals surface area contributed by atoms with Crippen LogP contribution >= 0.6 is 0 Å². The Labute approximate surface area is 229 Å². The molecule has 1 N–H and O–H groups in total. The summed E-state index contributed by atoms with van der Waals surface area (Å²) in [5.74, 6) is -0.218. The molecule has 37 heavy (non-hydrogen) atoms. The number of aliphatic hydroxyl groups is 1. The van der Waals surface area contributed by atoms with Crippen molar-refractivity contribution in [2.75, 3.05) is 19.8 Å². The number of esters is 1. The van der Waals surface area contributed by atoms with E-state index in [-0.39, 0.29) is 19.2 Å². The smallest absolute Gasteiger partial charge is 0.306 e. The number of unbranched alkanes of at least 4 members (excludes halogenated alkanes) is 11. The first-order chi connectivity index (χ1) is 18.2. The zero-order valence-corrected chi connectivity index (χ0v) is 24.2. The number of hydrogen-bond acceptors (Lipinski definition) is 4. The van der Waals surface area contributed by atoms with Crippen LogP contribution in [0.4, 0.5) is 0 Å². The molecule has 0 aromatic carbocycles. The highest BCUT2D eigenvalue weighted by Gasteiger charge is 2.13. The molecule has 0 amide bonds. The van der Waals surface area contributed by atoms with E-state index in [0.717, 1.165) is 57.8 Å². The molecule has 0 heterocycles. The first kappa shape index (κ1) is 35.4. The lowest BCUT2D eigenvalue weighted by Crippen LogP contribution is -2.27. The largest absolute Gasteiger partial charge is 0.457 e. The standard InChI is InChI=1S/C33H58O4/c1-3-5-7-9-11-12-13-14-15-16-17-18-19-20-21-23-25-27-29-36-31-32(30-34)37-33(35)28-26-24-22-10-8-6-4-2/h5,7,11-12,14-15,17-18,32,34H,3-4,6,8-10,13,16,19-31H2,1-2H3/b7-5-,12-11-,15-14-,18-17-. The molecule has 0 aliphatic heterocycles. The lowest BCUT2D eigenvalue weighted by Gasteiger charge is -2.15. The lowest BCUT2D eigenvalue weighted by atomic mass is 10.1. The van der Waals surface area contributed by atoms with Gasteiger partial charge in [-0.3, -0.25) is 4.79 Å². The second-order valence-electron chi connectivity index (χ2n) is 9.80. The summed E-state index contributed by atoms with van der Waals surface area (Å²) in [4.78, 5) is 12.0. The molecule has 4 heteroatoms. The van der Waals surface area contributed by atoms with Crippen LogP contribution in [0.15, 0.2) is 48.6 Å². The van der Waals surface area contributed by atoms with E-state index in [1.54, 1.807) is 0 Å². The van der Waals surface area contributed by atoms with Crippen LogP contribution in [0.5, 0.6) is 0 Å². The maximum atomic E-state index is 12.0. The zero-order chi connectivity index (χ0) is 27.1. The van der Waals surface area contributed by atoms with Gasteiger partial charge in [0.1, 0.15) is 6.10 Å². The Hall–Kier alpha value is -1.65. The number of hydrogen-bond donors (Lipinski definition) is 1. The normalized spacial score (nSPS) is 13.1. The average molecular weight is 519 g/mol. The highest BCUT2D eigenvalue weighted by molar-refractivity contribution is 5.69. The molecule has 0 spiro atoms. The van der Waals surface area contributed by atoms with Crippen molar-refractivity contribution in [2.45, 2.75) is 136 Å². The summed E-state index contributed by atoms with van der Waals surface area (Å²) in [6.07, 6.45) is 37.2. The van der Waals surface area contributed by atoms with Gasteiger partial charge in [0.25, 0.3) is 0 Å². The Kier molecular flexibility index (Phi) is 29.2. The van der Waals surface area contributed by atoms with Crippen LogP contribution in [0.2, 0.25) is 0 Å². The minimum absolute atomic E-state index is 0.181. The fourth-order valence-electron chi connectivity index (χ4n) is 3.90. The Bertz CT molecular complexity index is 591. The minimum Gasteiger partial charge on any atom is -0.457 e. The molecule has 4 nitrogen and oxygen atoms in total. The summed E-state index contributed by atoms with van der Waals surface area (Å²) in [5.41, 5.74) is 0. The van der Waals surface area contributed by atoms with Crippen LogP contribution in [-0.2, 0) is 14.3 Å². The van der Waals surface area contributed by atoms with Gasteiger partial charge in [-0.1, -0.05) is 120 Å². The zero-order valence-electron chi connectivity index (χ0n) is 24.2. The summed E-state index contributed by atoms with van der Waals surface area (Å²) in [5, 5.41) is 9.45. The monoisotopic (exact) mass is 518 g/mol. The van der Waals surface area contributed by atoms with Crippen LogP contribution < -0.4 is 0 Å². The third-order valence-corrected chi connectivity index (χ3v) is 6.17. The topological polar surface area (TPSA) is 55.8 Å². The second-order valence-corrected chi connectivity index (χ2v) is 9.80. The van der Waals surface area contributed by atoms with Crippen LogP contribution in [0.25, 0.3) is 0 Å². The molecule has 0 fully saturated rings. The first-order valence-corrected chi connectivity index (χ1v) is 15.2. The highest BCUT2D eigenvalue weighted by Crippen LogP contribution is 2.10. The van der Waals surface area contributed by atoms with Gasteiger partial charge in [0.05, 0.1) is 13.2 Å². The molecule has 1 unspecified atom stereocenters. The van der Waals surface area contributed by atoms with Gasteiger partial charge in [0.2, 0.25) is 0 Å². The summed E-state index contributed by atoms with van der Waals surface area (Å²) in [7, 11) is 0. The van der Waals surface area contributed by atoms with Crippen LogP contribution in [0.1, 0.15) is 129 Å². The van der Waals surface area contributed by atoms with E-state index in [1.165, 1.54) is 51.4 Å². The molecule has 0 radical (unpaired) electrons. The maximum Gasteiger partial charge on any atom is 0.306 e. The highest BCUT2D eigenvalue weighted by atomic mass is 16.6. The van der Waals surface area contributed by atoms with Gasteiger partial charge in [-0.15, -0.1) is 0 Å². The number of allylic oxidation sites excluding steroid dienone is 8.